The van der Waals surface area contributed by atoms with Gasteiger partial charge in [0.1, 0.15) is 0 Å². The zero-order valence-corrected chi connectivity index (χ0v) is 17.6. The van der Waals surface area contributed by atoms with Gasteiger partial charge in [-0.15, -0.1) is 35.3 Å². The molecule has 1 aromatic heterocycles. The maximum atomic E-state index is 11.4. The number of rotatable bonds is 3. The van der Waals surface area contributed by atoms with Crippen LogP contribution in [0.25, 0.3) is 0 Å². The molecule has 0 aromatic carbocycles. The van der Waals surface area contributed by atoms with Crippen LogP contribution in [-0.2, 0) is 11.3 Å². The molecule has 0 atom stereocenters. The number of aliphatic imine (C=N–C) groups is 1. The molecular weight excluding hydrogens is 479 g/mol. The lowest BCUT2D eigenvalue weighted by molar-refractivity contribution is -0.130. The fourth-order valence-electron chi connectivity index (χ4n) is 2.25. The second-order valence-electron chi connectivity index (χ2n) is 4.89. The average Bonchev–Trinajstić information content (AvgIpc) is 2.89. The van der Waals surface area contributed by atoms with Crippen molar-refractivity contribution < 1.29 is 4.79 Å². The van der Waals surface area contributed by atoms with Gasteiger partial charge in [-0.25, -0.2) is 4.99 Å². The monoisotopic (exact) mass is 500 g/mol. The molecule has 8 heteroatoms. The van der Waals surface area contributed by atoms with Crippen LogP contribution in [0.4, 0.5) is 0 Å². The second-order valence-corrected chi connectivity index (χ2v) is 6.81. The number of amides is 1. The van der Waals surface area contributed by atoms with Crippen LogP contribution in [0.5, 0.6) is 0 Å². The summed E-state index contributed by atoms with van der Waals surface area (Å²) in [6.45, 7) is 8.44. The second kappa shape index (κ2) is 9.71. The third kappa shape index (κ3) is 5.69. The van der Waals surface area contributed by atoms with E-state index in [2.05, 4.69) is 44.5 Å². The first-order valence-corrected chi connectivity index (χ1v) is 8.79. The quantitative estimate of drug-likeness (QED) is 0.394. The summed E-state index contributed by atoms with van der Waals surface area (Å²) in [5, 5.41) is 5.41. The number of carbonyl (C=O) groups is 1. The molecule has 5 nitrogen and oxygen atoms in total. The van der Waals surface area contributed by atoms with Crippen molar-refractivity contribution in [1.29, 1.82) is 0 Å². The smallest absolute Gasteiger partial charge is 0.219 e. The fourth-order valence-corrected chi connectivity index (χ4v) is 3.62. The van der Waals surface area contributed by atoms with Crippen LogP contribution in [0.15, 0.2) is 20.9 Å². The number of hydrogen-bond acceptors (Lipinski definition) is 3. The van der Waals surface area contributed by atoms with E-state index in [0.717, 1.165) is 43.2 Å². The highest BCUT2D eigenvalue weighted by Gasteiger charge is 2.20. The Bertz CT molecular complexity index is 515. The summed E-state index contributed by atoms with van der Waals surface area (Å²) in [5.41, 5.74) is 0. The maximum Gasteiger partial charge on any atom is 0.219 e. The van der Waals surface area contributed by atoms with Crippen LogP contribution in [0, 0.1) is 0 Å². The summed E-state index contributed by atoms with van der Waals surface area (Å²) in [4.78, 5) is 21.4. The Balaban J connectivity index is 0.00000242. The van der Waals surface area contributed by atoms with E-state index in [4.69, 9.17) is 4.99 Å². The summed E-state index contributed by atoms with van der Waals surface area (Å²) in [6.07, 6.45) is 0. The van der Waals surface area contributed by atoms with E-state index in [-0.39, 0.29) is 29.9 Å². The Morgan fingerprint density at radius 3 is 2.50 bits per heavy atom. The van der Waals surface area contributed by atoms with Crippen molar-refractivity contribution >= 4 is 63.1 Å². The zero-order chi connectivity index (χ0) is 15.2. The van der Waals surface area contributed by atoms with E-state index < -0.39 is 0 Å². The standard InChI is InChI=1S/C14H21BrN4OS.HI/c1-3-16-14(17-9-13-8-12(15)10-21-13)19-6-4-18(5-7-19)11(2)20;/h8,10H,3-7,9H2,1-2H3,(H,16,17);1H. The fraction of sp³-hybridized carbons (Fsp3) is 0.571. The van der Waals surface area contributed by atoms with Gasteiger partial charge in [0.15, 0.2) is 5.96 Å². The largest absolute Gasteiger partial charge is 0.357 e. The maximum absolute atomic E-state index is 11.4. The van der Waals surface area contributed by atoms with E-state index in [0.29, 0.717) is 6.54 Å². The van der Waals surface area contributed by atoms with E-state index >= 15 is 0 Å². The molecule has 1 aliphatic rings. The Kier molecular flexibility index (Phi) is 8.70. The molecule has 22 heavy (non-hydrogen) atoms. The molecule has 0 radical (unpaired) electrons. The molecule has 0 saturated carbocycles. The molecule has 1 amide bonds. The van der Waals surface area contributed by atoms with Gasteiger partial charge >= 0.3 is 0 Å². The number of hydrogen-bond donors (Lipinski definition) is 1. The molecule has 1 aromatic rings. The third-order valence-corrected chi connectivity index (χ3v) is 5.05. The van der Waals surface area contributed by atoms with Crippen molar-refractivity contribution in [1.82, 2.24) is 15.1 Å². The van der Waals surface area contributed by atoms with E-state index in [1.54, 1.807) is 18.3 Å². The molecule has 1 aliphatic heterocycles. The van der Waals surface area contributed by atoms with Crippen molar-refractivity contribution in [3.05, 3.63) is 20.8 Å². The van der Waals surface area contributed by atoms with Crippen LogP contribution >= 0.6 is 51.2 Å². The summed E-state index contributed by atoms with van der Waals surface area (Å²) < 4.78 is 1.11. The number of halogens is 2. The lowest BCUT2D eigenvalue weighted by Crippen LogP contribution is -2.53. The molecular formula is C14H22BrIN4OS. The van der Waals surface area contributed by atoms with Crippen LogP contribution in [0.2, 0.25) is 0 Å². The molecule has 0 aliphatic carbocycles. The SMILES string of the molecule is CCNC(=NCc1cc(Br)cs1)N1CCN(C(C)=O)CC1.I. The number of thiophene rings is 1. The highest BCUT2D eigenvalue weighted by molar-refractivity contribution is 14.0. The van der Waals surface area contributed by atoms with E-state index in [1.165, 1.54) is 4.88 Å². The van der Waals surface area contributed by atoms with Gasteiger partial charge in [-0.05, 0) is 28.9 Å². The highest BCUT2D eigenvalue weighted by Crippen LogP contribution is 2.20. The number of piperazine rings is 1. The summed E-state index contributed by atoms with van der Waals surface area (Å²) in [6, 6.07) is 2.10. The molecule has 2 heterocycles. The lowest BCUT2D eigenvalue weighted by atomic mass is 10.3. The minimum absolute atomic E-state index is 0. The van der Waals surface area contributed by atoms with E-state index in [9.17, 15) is 4.79 Å². The van der Waals surface area contributed by atoms with Crippen LogP contribution in [0.1, 0.15) is 18.7 Å². The van der Waals surface area contributed by atoms with Crippen molar-refractivity contribution in [2.75, 3.05) is 32.7 Å². The third-order valence-electron chi connectivity index (χ3n) is 3.37. The topological polar surface area (TPSA) is 47.9 Å². The van der Waals surface area contributed by atoms with Gasteiger partial charge in [0.05, 0.1) is 6.54 Å². The minimum atomic E-state index is 0. The molecule has 1 N–H and O–H groups in total. The molecule has 2 rings (SSSR count). The van der Waals surface area contributed by atoms with Crippen LogP contribution < -0.4 is 5.32 Å². The van der Waals surface area contributed by atoms with Gasteiger partial charge in [-0.3, -0.25) is 4.79 Å². The van der Waals surface area contributed by atoms with Crippen molar-refractivity contribution in [2.45, 2.75) is 20.4 Å². The summed E-state index contributed by atoms with van der Waals surface area (Å²) >= 11 is 5.17. The predicted octanol–water partition coefficient (Wildman–Crippen LogP) is 2.76. The van der Waals surface area contributed by atoms with E-state index in [1.807, 2.05) is 4.90 Å². The Morgan fingerprint density at radius 2 is 2.00 bits per heavy atom. The minimum Gasteiger partial charge on any atom is -0.357 e. The number of nitrogens with zero attached hydrogens (tertiary/aromatic N) is 3. The molecule has 0 unspecified atom stereocenters. The van der Waals surface area contributed by atoms with Crippen molar-refractivity contribution in [3.63, 3.8) is 0 Å². The van der Waals surface area contributed by atoms with Gasteiger partial charge in [-0.2, -0.15) is 0 Å². The Morgan fingerprint density at radius 1 is 1.36 bits per heavy atom. The number of nitrogens with one attached hydrogen (secondary N) is 1. The molecule has 0 spiro atoms. The first kappa shape index (κ1) is 19.7. The Hall–Kier alpha value is -0.350. The number of carbonyl (C=O) groups excluding carboxylic acids is 1. The van der Waals surface area contributed by atoms with Crippen LogP contribution in [0.3, 0.4) is 0 Å². The zero-order valence-electron chi connectivity index (χ0n) is 12.8. The van der Waals surface area contributed by atoms with Gasteiger partial charge in [-0.1, -0.05) is 0 Å². The highest BCUT2D eigenvalue weighted by atomic mass is 127. The lowest BCUT2D eigenvalue weighted by Gasteiger charge is -2.36. The summed E-state index contributed by atoms with van der Waals surface area (Å²) in [7, 11) is 0. The van der Waals surface area contributed by atoms with Crippen molar-refractivity contribution in [3.8, 4) is 0 Å². The van der Waals surface area contributed by atoms with Gasteiger partial charge in [0, 0.05) is 54.4 Å². The van der Waals surface area contributed by atoms with Gasteiger partial charge < -0.3 is 15.1 Å². The summed E-state index contributed by atoms with van der Waals surface area (Å²) in [5.74, 6) is 1.09. The van der Waals surface area contributed by atoms with Crippen LogP contribution in [-0.4, -0.2) is 54.4 Å². The predicted molar refractivity (Wildman–Crippen MR) is 106 cm³/mol. The molecule has 124 valence electrons. The Labute approximate surface area is 161 Å². The molecule has 1 fully saturated rings. The van der Waals surface area contributed by atoms with Gasteiger partial charge in [0.25, 0.3) is 0 Å². The van der Waals surface area contributed by atoms with Crippen molar-refractivity contribution in [2.24, 2.45) is 4.99 Å². The van der Waals surface area contributed by atoms with Gasteiger partial charge in [0.2, 0.25) is 5.91 Å². The number of guanidine groups is 1. The first-order valence-electron chi connectivity index (χ1n) is 7.12. The molecule has 1 saturated heterocycles. The molecule has 0 bridgehead atoms. The normalized spacial score (nSPS) is 15.5. The average molecular weight is 501 g/mol. The first-order chi connectivity index (χ1) is 10.1.